The number of benzene rings is 5. The maximum atomic E-state index is 6.42. The molecule has 3 heterocycles. The minimum atomic E-state index is 0. The molecule has 0 saturated carbocycles. The molecule has 56 heavy (non-hydrogen) atoms. The van der Waals surface area contributed by atoms with Gasteiger partial charge < -0.3 is 13.6 Å². The van der Waals surface area contributed by atoms with Gasteiger partial charge in [-0.1, -0.05) is 91.8 Å². The van der Waals surface area contributed by atoms with E-state index < -0.39 is 0 Å². The topological polar surface area (TPSA) is 48.8 Å². The van der Waals surface area contributed by atoms with Crippen LogP contribution in [0.15, 0.2) is 126 Å². The van der Waals surface area contributed by atoms with Crippen molar-refractivity contribution in [3.8, 4) is 22.8 Å². The molecule has 0 unspecified atom stereocenters. The quantitative estimate of drug-likeness (QED) is 0.128. The molecule has 5 nitrogen and oxygen atoms in total. The van der Waals surface area contributed by atoms with Crippen LogP contribution in [0.3, 0.4) is 0 Å². The number of aromatic nitrogens is 4. The first kappa shape index (κ1) is 40.7. The van der Waals surface area contributed by atoms with Gasteiger partial charge in [-0.15, -0.1) is 71.8 Å². The molecule has 0 aliphatic heterocycles. The molecular formula is C50H52N4OPt. The average molecular weight is 920 g/mol. The first-order chi connectivity index (χ1) is 26.6. The molecule has 0 aliphatic carbocycles. The Hall–Kier alpha value is -4.99. The molecule has 0 N–H and O–H groups in total. The SMILES string of the molecule is CC(C)c1cc2c(oc3ccccc32)c(C(C)C)c1Cn1ccnc1-c1[c-]cccc1.CC(C)c1cccc(C(C)C)c1Cn1ccnc1-c1[c-]cccc1.[Pt+2]. The predicted octanol–water partition coefficient (Wildman–Crippen LogP) is 13.2. The number of hydrogen-bond donors (Lipinski definition) is 0. The normalized spacial score (nSPS) is 11.5. The van der Waals surface area contributed by atoms with Gasteiger partial charge in [0.15, 0.2) is 0 Å². The zero-order chi connectivity index (χ0) is 38.6. The zero-order valence-electron chi connectivity index (χ0n) is 33.8. The summed E-state index contributed by atoms with van der Waals surface area (Å²) in [6.07, 6.45) is 7.88. The number of nitrogens with zero attached hydrogens (tertiary/aromatic N) is 4. The Morgan fingerprint density at radius 1 is 0.554 bits per heavy atom. The molecule has 0 atom stereocenters. The summed E-state index contributed by atoms with van der Waals surface area (Å²) < 4.78 is 10.9. The molecule has 5 aromatic carbocycles. The fourth-order valence-electron chi connectivity index (χ4n) is 7.90. The van der Waals surface area contributed by atoms with Crippen molar-refractivity contribution in [2.75, 3.05) is 0 Å². The van der Waals surface area contributed by atoms with Crippen LogP contribution in [0, 0.1) is 12.1 Å². The minimum absolute atomic E-state index is 0. The van der Waals surface area contributed by atoms with Crippen LogP contribution in [0.5, 0.6) is 0 Å². The fourth-order valence-corrected chi connectivity index (χ4v) is 7.90. The minimum Gasteiger partial charge on any atom is -0.456 e. The number of furan rings is 1. The Morgan fingerprint density at radius 3 is 1.57 bits per heavy atom. The fraction of sp³-hybridized carbons (Fsp3) is 0.280. The van der Waals surface area contributed by atoms with E-state index in [-0.39, 0.29) is 21.1 Å². The Kier molecular flexibility index (Phi) is 13.0. The Morgan fingerprint density at radius 2 is 1.07 bits per heavy atom. The molecular weight excluding hydrogens is 868 g/mol. The maximum absolute atomic E-state index is 6.42. The van der Waals surface area contributed by atoms with Gasteiger partial charge in [0, 0.05) is 54.2 Å². The van der Waals surface area contributed by atoms with E-state index in [9.17, 15) is 0 Å². The molecule has 8 aromatic rings. The second-order valence-corrected chi connectivity index (χ2v) is 15.7. The Labute approximate surface area is 347 Å². The van der Waals surface area contributed by atoms with Gasteiger partial charge in [0.05, 0.1) is 11.6 Å². The molecule has 0 bridgehead atoms. The van der Waals surface area contributed by atoms with Gasteiger partial charge >= 0.3 is 21.1 Å². The standard InChI is InChI=1S/C28H27N2O.C22H25N2.Pt/c1-18(2)22-16-23-21-12-8-9-13-25(21)31-27(23)26(19(3)4)24(22)17-30-15-14-29-28(30)20-10-6-5-7-11-20;1-16(2)19-11-8-12-20(17(3)4)21(19)15-24-14-13-23-22(24)18-9-6-5-7-10-18;/h5-10,12-16,18-19H,17H2,1-4H3;5-9,11-14,16-17H,15H2,1-4H3;/q2*-1;+2. The van der Waals surface area contributed by atoms with Crippen LogP contribution in [0.4, 0.5) is 0 Å². The van der Waals surface area contributed by atoms with E-state index in [4.69, 9.17) is 4.42 Å². The summed E-state index contributed by atoms with van der Waals surface area (Å²) in [4.78, 5) is 9.20. The van der Waals surface area contributed by atoms with Crippen LogP contribution in [0.25, 0.3) is 44.7 Å². The first-order valence-electron chi connectivity index (χ1n) is 19.7. The van der Waals surface area contributed by atoms with Crippen molar-refractivity contribution >= 4 is 21.9 Å². The summed E-state index contributed by atoms with van der Waals surface area (Å²) in [5, 5.41) is 2.41. The number of para-hydroxylation sites is 1. The smallest absolute Gasteiger partial charge is 0.456 e. The molecule has 0 fully saturated rings. The molecule has 0 saturated heterocycles. The van der Waals surface area contributed by atoms with Crippen molar-refractivity contribution in [3.63, 3.8) is 0 Å². The molecule has 0 radical (unpaired) electrons. The zero-order valence-corrected chi connectivity index (χ0v) is 36.1. The van der Waals surface area contributed by atoms with E-state index in [1.165, 1.54) is 44.2 Å². The number of imidazole rings is 2. The summed E-state index contributed by atoms with van der Waals surface area (Å²) >= 11 is 0. The van der Waals surface area contributed by atoms with Crippen LogP contribution in [0.1, 0.15) is 112 Å². The van der Waals surface area contributed by atoms with E-state index in [1.54, 1.807) is 0 Å². The van der Waals surface area contributed by atoms with Crippen LogP contribution in [-0.2, 0) is 34.2 Å². The Balaban J connectivity index is 0.000000193. The molecule has 0 spiro atoms. The van der Waals surface area contributed by atoms with Crippen molar-refractivity contribution in [1.29, 1.82) is 0 Å². The van der Waals surface area contributed by atoms with E-state index in [0.717, 1.165) is 47.0 Å². The van der Waals surface area contributed by atoms with E-state index in [0.29, 0.717) is 23.7 Å². The average Bonchev–Trinajstić information content (AvgIpc) is 3.94. The third-order valence-electron chi connectivity index (χ3n) is 10.5. The molecule has 0 aliphatic rings. The number of rotatable bonds is 10. The van der Waals surface area contributed by atoms with Crippen molar-refractivity contribution in [3.05, 3.63) is 167 Å². The van der Waals surface area contributed by atoms with Crippen LogP contribution < -0.4 is 0 Å². The van der Waals surface area contributed by atoms with Crippen molar-refractivity contribution < 1.29 is 25.5 Å². The molecule has 288 valence electrons. The second-order valence-electron chi connectivity index (χ2n) is 15.7. The molecule has 0 amide bonds. The summed E-state index contributed by atoms with van der Waals surface area (Å²) in [6, 6.07) is 40.1. The Bertz CT molecular complexity index is 2480. The van der Waals surface area contributed by atoms with Crippen LogP contribution >= 0.6 is 0 Å². The van der Waals surface area contributed by atoms with Crippen LogP contribution in [0.2, 0.25) is 0 Å². The van der Waals surface area contributed by atoms with Gasteiger partial charge in [0.1, 0.15) is 11.2 Å². The maximum Gasteiger partial charge on any atom is 2.00 e. The second kappa shape index (κ2) is 17.9. The van der Waals surface area contributed by atoms with Gasteiger partial charge in [-0.2, -0.15) is 0 Å². The van der Waals surface area contributed by atoms with Gasteiger partial charge in [0.2, 0.25) is 0 Å². The predicted molar refractivity (Wildman–Crippen MR) is 228 cm³/mol. The van der Waals surface area contributed by atoms with Crippen molar-refractivity contribution in [2.45, 2.75) is 92.2 Å². The van der Waals surface area contributed by atoms with Gasteiger partial charge in [0.25, 0.3) is 0 Å². The van der Waals surface area contributed by atoms with Gasteiger partial charge in [-0.3, -0.25) is 9.97 Å². The molecule has 8 rings (SSSR count). The van der Waals surface area contributed by atoms with Crippen LogP contribution in [-0.4, -0.2) is 19.1 Å². The third-order valence-corrected chi connectivity index (χ3v) is 10.5. The summed E-state index contributed by atoms with van der Waals surface area (Å²) in [5.41, 5.74) is 12.3. The summed E-state index contributed by atoms with van der Waals surface area (Å²) in [6.45, 7) is 19.7. The van der Waals surface area contributed by atoms with Crippen molar-refractivity contribution in [2.24, 2.45) is 0 Å². The monoisotopic (exact) mass is 919 g/mol. The van der Waals surface area contributed by atoms with Gasteiger partial charge in [-0.05, 0) is 63.6 Å². The largest absolute Gasteiger partial charge is 2.00 e. The summed E-state index contributed by atoms with van der Waals surface area (Å²) in [5.74, 6) is 3.68. The van der Waals surface area contributed by atoms with E-state index in [2.05, 4.69) is 154 Å². The molecule has 6 heteroatoms. The summed E-state index contributed by atoms with van der Waals surface area (Å²) in [7, 11) is 0. The number of fused-ring (bicyclic) bond motifs is 3. The van der Waals surface area contributed by atoms with Gasteiger partial charge in [-0.25, -0.2) is 0 Å². The van der Waals surface area contributed by atoms with Crippen molar-refractivity contribution in [1.82, 2.24) is 19.1 Å². The van der Waals surface area contributed by atoms with E-state index >= 15 is 0 Å². The molecule has 3 aromatic heterocycles. The number of hydrogen-bond acceptors (Lipinski definition) is 3. The third kappa shape index (κ3) is 8.39. The first-order valence-corrected chi connectivity index (χ1v) is 19.7. The van der Waals surface area contributed by atoms with E-state index in [1.807, 2.05) is 54.9 Å².